The van der Waals surface area contributed by atoms with E-state index in [0.29, 0.717) is 29.9 Å². The molecule has 0 aliphatic heterocycles. The van der Waals surface area contributed by atoms with Gasteiger partial charge in [-0.15, -0.1) is 0 Å². The fraction of sp³-hybridized carbons (Fsp3) is 0.267. The number of fused-ring (bicyclic) bond motifs is 1. The molecular formula is C15H17ClN6O. The van der Waals surface area contributed by atoms with E-state index in [1.165, 1.54) is 0 Å². The van der Waals surface area contributed by atoms with Crippen LogP contribution in [0.15, 0.2) is 30.5 Å². The second-order valence-corrected chi connectivity index (χ2v) is 5.39. The van der Waals surface area contributed by atoms with Gasteiger partial charge in [-0.25, -0.2) is 0 Å². The Bertz CT molecular complexity index is 819. The van der Waals surface area contributed by atoms with Crippen LogP contribution in [-0.4, -0.2) is 40.0 Å². The molecule has 0 atom stereocenters. The molecule has 0 bridgehead atoms. The molecule has 120 valence electrons. The number of hydrogen-bond acceptors (Lipinski definition) is 6. The van der Waals surface area contributed by atoms with Gasteiger partial charge in [0.2, 0.25) is 5.95 Å². The summed E-state index contributed by atoms with van der Waals surface area (Å²) in [7, 11) is 3.50. The van der Waals surface area contributed by atoms with Gasteiger partial charge < -0.3 is 15.4 Å². The average Bonchev–Trinajstić information content (AvgIpc) is 2.90. The summed E-state index contributed by atoms with van der Waals surface area (Å²) in [5.74, 6) is 1.19. The summed E-state index contributed by atoms with van der Waals surface area (Å²) in [5, 5.41) is 12.2. The van der Waals surface area contributed by atoms with Crippen LogP contribution in [0.1, 0.15) is 0 Å². The van der Waals surface area contributed by atoms with E-state index >= 15 is 0 Å². The Balaban J connectivity index is 1.96. The molecular weight excluding hydrogens is 316 g/mol. The molecule has 0 saturated carbocycles. The van der Waals surface area contributed by atoms with Gasteiger partial charge in [0.1, 0.15) is 5.82 Å². The minimum atomic E-state index is 0.516. The number of benzene rings is 1. The first-order chi connectivity index (χ1) is 11.2. The summed E-state index contributed by atoms with van der Waals surface area (Å²) in [6.45, 7) is 1.19. The topological polar surface area (TPSA) is 76.9 Å². The highest BCUT2D eigenvalue weighted by Gasteiger charge is 2.12. The monoisotopic (exact) mass is 332 g/mol. The van der Waals surface area contributed by atoms with Gasteiger partial charge in [-0.3, -0.25) is 4.68 Å². The van der Waals surface area contributed by atoms with Crippen molar-refractivity contribution in [2.75, 3.05) is 30.9 Å². The van der Waals surface area contributed by atoms with Gasteiger partial charge in [0.25, 0.3) is 0 Å². The van der Waals surface area contributed by atoms with Gasteiger partial charge >= 0.3 is 0 Å². The maximum Gasteiger partial charge on any atom is 0.226 e. The largest absolute Gasteiger partial charge is 0.383 e. The van der Waals surface area contributed by atoms with E-state index < -0.39 is 0 Å². The lowest BCUT2D eigenvalue weighted by molar-refractivity contribution is 0.210. The van der Waals surface area contributed by atoms with Gasteiger partial charge in [-0.1, -0.05) is 17.7 Å². The molecule has 0 radical (unpaired) electrons. The van der Waals surface area contributed by atoms with E-state index in [-0.39, 0.29) is 0 Å². The van der Waals surface area contributed by atoms with Crippen LogP contribution in [-0.2, 0) is 11.8 Å². The molecule has 0 saturated heterocycles. The number of nitrogens with zero attached hydrogens (tertiary/aromatic N) is 4. The third-order valence-corrected chi connectivity index (χ3v) is 3.50. The maximum atomic E-state index is 6.03. The molecule has 0 amide bonds. The molecule has 2 N–H and O–H groups in total. The van der Waals surface area contributed by atoms with Crippen LogP contribution < -0.4 is 10.6 Å². The highest BCUT2D eigenvalue weighted by atomic mass is 35.5. The van der Waals surface area contributed by atoms with Crippen LogP contribution in [0, 0.1) is 0 Å². The standard InChI is InChI=1S/C15H17ClN6O/c1-22-14-12(9-18-22)13(19-11-5-3-4-10(16)8-11)20-15(21-14)17-6-7-23-2/h3-5,8-9H,6-7H2,1-2H3,(H2,17,19,20,21). The molecule has 7 nitrogen and oxygen atoms in total. The summed E-state index contributed by atoms with van der Waals surface area (Å²) >= 11 is 6.03. The lowest BCUT2D eigenvalue weighted by Gasteiger charge is -2.10. The zero-order valence-corrected chi connectivity index (χ0v) is 13.6. The first kappa shape index (κ1) is 15.5. The molecule has 8 heteroatoms. The van der Waals surface area contributed by atoms with E-state index in [9.17, 15) is 0 Å². The summed E-state index contributed by atoms with van der Waals surface area (Å²) in [5.41, 5.74) is 1.59. The predicted octanol–water partition coefficient (Wildman–Crippen LogP) is 2.82. The number of ether oxygens (including phenoxy) is 1. The van der Waals surface area contributed by atoms with E-state index in [1.54, 1.807) is 18.0 Å². The second kappa shape index (κ2) is 6.80. The molecule has 0 unspecified atom stereocenters. The zero-order valence-electron chi connectivity index (χ0n) is 12.9. The molecule has 2 heterocycles. The van der Waals surface area contributed by atoms with Crippen LogP contribution in [0.3, 0.4) is 0 Å². The van der Waals surface area contributed by atoms with E-state index in [2.05, 4.69) is 25.7 Å². The highest BCUT2D eigenvalue weighted by molar-refractivity contribution is 6.30. The third kappa shape index (κ3) is 3.52. The van der Waals surface area contributed by atoms with Crippen LogP contribution >= 0.6 is 11.6 Å². The van der Waals surface area contributed by atoms with Crippen molar-refractivity contribution in [1.82, 2.24) is 19.7 Å². The minimum Gasteiger partial charge on any atom is -0.383 e. The second-order valence-electron chi connectivity index (χ2n) is 4.96. The number of anilines is 3. The predicted molar refractivity (Wildman–Crippen MR) is 91.4 cm³/mol. The number of rotatable bonds is 6. The lowest BCUT2D eigenvalue weighted by atomic mass is 10.3. The lowest BCUT2D eigenvalue weighted by Crippen LogP contribution is -2.11. The molecule has 23 heavy (non-hydrogen) atoms. The first-order valence-corrected chi connectivity index (χ1v) is 7.50. The van der Waals surface area contributed by atoms with E-state index in [0.717, 1.165) is 16.7 Å². The van der Waals surface area contributed by atoms with Gasteiger partial charge in [0.05, 0.1) is 18.2 Å². The van der Waals surface area contributed by atoms with Gasteiger partial charge in [0, 0.05) is 31.4 Å². The van der Waals surface area contributed by atoms with Crippen LogP contribution in [0.4, 0.5) is 17.5 Å². The smallest absolute Gasteiger partial charge is 0.226 e. The Morgan fingerprint density at radius 3 is 2.96 bits per heavy atom. The summed E-state index contributed by atoms with van der Waals surface area (Å²) in [6, 6.07) is 7.46. The van der Waals surface area contributed by atoms with Crippen molar-refractivity contribution in [3.05, 3.63) is 35.5 Å². The van der Waals surface area contributed by atoms with Gasteiger partial charge in [-0.2, -0.15) is 15.1 Å². The van der Waals surface area contributed by atoms with Crippen molar-refractivity contribution in [2.45, 2.75) is 0 Å². The van der Waals surface area contributed by atoms with Crippen LogP contribution in [0.2, 0.25) is 5.02 Å². The number of halogens is 1. The SMILES string of the molecule is COCCNc1nc(Nc2cccc(Cl)c2)c2cnn(C)c2n1. The van der Waals surface area contributed by atoms with Crippen molar-refractivity contribution in [2.24, 2.45) is 7.05 Å². The number of aryl methyl sites for hydroxylation is 1. The molecule has 0 spiro atoms. The average molecular weight is 333 g/mol. The molecule has 0 aliphatic rings. The molecule has 0 aliphatic carbocycles. The first-order valence-electron chi connectivity index (χ1n) is 7.12. The molecule has 3 aromatic rings. The number of nitrogens with one attached hydrogen (secondary N) is 2. The Kier molecular flexibility index (Phi) is 4.59. The molecule has 0 fully saturated rings. The third-order valence-electron chi connectivity index (χ3n) is 3.27. The van der Waals surface area contributed by atoms with Crippen LogP contribution in [0.5, 0.6) is 0 Å². The van der Waals surface area contributed by atoms with Crippen molar-refractivity contribution >= 4 is 40.1 Å². The van der Waals surface area contributed by atoms with E-state index in [1.807, 2.05) is 31.3 Å². The Morgan fingerprint density at radius 1 is 1.30 bits per heavy atom. The Morgan fingerprint density at radius 2 is 2.17 bits per heavy atom. The minimum absolute atomic E-state index is 0.516. The highest BCUT2D eigenvalue weighted by Crippen LogP contribution is 2.26. The normalized spacial score (nSPS) is 10.9. The van der Waals surface area contributed by atoms with Gasteiger partial charge in [0.15, 0.2) is 5.65 Å². The van der Waals surface area contributed by atoms with Crippen molar-refractivity contribution in [1.29, 1.82) is 0 Å². The maximum absolute atomic E-state index is 6.03. The fourth-order valence-electron chi connectivity index (χ4n) is 2.16. The molecule has 1 aromatic carbocycles. The Hall–Kier alpha value is -2.38. The van der Waals surface area contributed by atoms with Crippen molar-refractivity contribution < 1.29 is 4.74 Å². The van der Waals surface area contributed by atoms with Crippen molar-refractivity contribution in [3.8, 4) is 0 Å². The molecule has 2 aromatic heterocycles. The number of aromatic nitrogens is 4. The summed E-state index contributed by atoms with van der Waals surface area (Å²) in [6.07, 6.45) is 1.74. The number of methoxy groups -OCH3 is 1. The number of hydrogen-bond donors (Lipinski definition) is 2. The van der Waals surface area contributed by atoms with Crippen LogP contribution in [0.25, 0.3) is 11.0 Å². The van der Waals surface area contributed by atoms with Crippen molar-refractivity contribution in [3.63, 3.8) is 0 Å². The van der Waals surface area contributed by atoms with Gasteiger partial charge in [-0.05, 0) is 18.2 Å². The quantitative estimate of drug-likeness (QED) is 0.676. The Labute approximate surface area is 138 Å². The van der Waals surface area contributed by atoms with E-state index in [4.69, 9.17) is 16.3 Å². The summed E-state index contributed by atoms with van der Waals surface area (Å²) in [4.78, 5) is 9.01. The fourth-order valence-corrected chi connectivity index (χ4v) is 2.35. The zero-order chi connectivity index (χ0) is 16.2. The summed E-state index contributed by atoms with van der Waals surface area (Å²) < 4.78 is 6.74. The molecule has 3 rings (SSSR count).